The molecule has 140 valence electrons. The second-order valence-corrected chi connectivity index (χ2v) is 6.75. The summed E-state index contributed by atoms with van der Waals surface area (Å²) in [5.74, 6) is -0.448. The summed E-state index contributed by atoms with van der Waals surface area (Å²) >= 11 is 5.88. The fourth-order valence-electron chi connectivity index (χ4n) is 3.01. The lowest BCUT2D eigenvalue weighted by Gasteiger charge is -2.27. The molecular formula is C18H14ClF3N4O. The summed E-state index contributed by atoms with van der Waals surface area (Å²) < 4.78 is 43.6. The average Bonchev–Trinajstić information content (AvgIpc) is 3.09. The highest BCUT2D eigenvalue weighted by Gasteiger charge is 2.35. The van der Waals surface area contributed by atoms with Crippen molar-refractivity contribution in [3.8, 4) is 11.3 Å². The Balaban J connectivity index is 1.45. The van der Waals surface area contributed by atoms with Crippen molar-refractivity contribution in [2.75, 3.05) is 6.54 Å². The van der Waals surface area contributed by atoms with Gasteiger partial charge in [0.1, 0.15) is 0 Å². The number of halogens is 4. The van der Waals surface area contributed by atoms with Crippen LogP contribution in [-0.4, -0.2) is 26.6 Å². The molecule has 1 aromatic carbocycles. The molecule has 9 heteroatoms. The molecule has 5 nitrogen and oxygen atoms in total. The van der Waals surface area contributed by atoms with Gasteiger partial charge in [-0.2, -0.15) is 13.2 Å². The molecule has 27 heavy (non-hydrogen) atoms. The lowest BCUT2D eigenvalue weighted by atomic mass is 10.1. The number of fused-ring (bicyclic) bond motifs is 1. The Bertz CT molecular complexity index is 956. The van der Waals surface area contributed by atoms with Gasteiger partial charge in [-0.05, 0) is 24.3 Å². The molecule has 2 aromatic heterocycles. The van der Waals surface area contributed by atoms with Crippen LogP contribution in [0.15, 0.2) is 41.1 Å². The number of hydrogen-bond acceptors (Lipinski definition) is 5. The van der Waals surface area contributed by atoms with E-state index >= 15 is 0 Å². The Morgan fingerprint density at radius 1 is 1.19 bits per heavy atom. The number of benzene rings is 1. The first-order valence-corrected chi connectivity index (χ1v) is 8.62. The van der Waals surface area contributed by atoms with Crippen molar-refractivity contribution in [1.29, 1.82) is 0 Å². The third-order valence-electron chi connectivity index (χ3n) is 4.34. The van der Waals surface area contributed by atoms with E-state index in [1.807, 2.05) is 18.2 Å². The Hall–Kier alpha value is -2.45. The highest BCUT2D eigenvalue weighted by molar-refractivity contribution is 6.30. The predicted octanol–water partition coefficient (Wildman–Crippen LogP) is 4.36. The quantitative estimate of drug-likeness (QED) is 0.660. The first-order valence-electron chi connectivity index (χ1n) is 8.24. The van der Waals surface area contributed by atoms with Crippen LogP contribution in [0.3, 0.4) is 0 Å². The molecule has 1 aliphatic heterocycles. The van der Waals surface area contributed by atoms with Gasteiger partial charge in [-0.15, -0.1) is 0 Å². The van der Waals surface area contributed by atoms with Gasteiger partial charge < -0.3 is 4.52 Å². The summed E-state index contributed by atoms with van der Waals surface area (Å²) in [6.45, 7) is 1.58. The van der Waals surface area contributed by atoms with Crippen LogP contribution in [0.1, 0.15) is 22.8 Å². The highest BCUT2D eigenvalue weighted by Crippen LogP contribution is 2.28. The standard InChI is InChI=1S/C18H14ClF3N4O/c19-13-3-1-11(2-4-13)16-7-14(25-27-16)10-26-6-5-15-12(9-26)8-23-17(24-15)18(20,21)22/h1-4,7-8H,5-6,9-10H2. The van der Waals surface area contributed by atoms with Gasteiger partial charge >= 0.3 is 6.18 Å². The summed E-state index contributed by atoms with van der Waals surface area (Å²) in [4.78, 5) is 9.19. The Morgan fingerprint density at radius 3 is 2.70 bits per heavy atom. The Labute approximate surface area is 157 Å². The van der Waals surface area contributed by atoms with Crippen molar-refractivity contribution in [3.05, 3.63) is 64.3 Å². The van der Waals surface area contributed by atoms with E-state index in [1.165, 1.54) is 6.20 Å². The van der Waals surface area contributed by atoms with E-state index in [2.05, 4.69) is 20.0 Å². The SMILES string of the molecule is FC(F)(F)c1ncc2c(n1)CCN(Cc1cc(-c3ccc(Cl)cc3)on1)C2. The fraction of sp³-hybridized carbons (Fsp3) is 0.278. The summed E-state index contributed by atoms with van der Waals surface area (Å²) in [5.41, 5.74) is 2.78. The Kier molecular flexibility index (Phi) is 4.61. The molecular weight excluding hydrogens is 381 g/mol. The van der Waals surface area contributed by atoms with E-state index in [4.69, 9.17) is 16.1 Å². The monoisotopic (exact) mass is 394 g/mol. The van der Waals surface area contributed by atoms with Gasteiger partial charge in [0, 0.05) is 54.5 Å². The molecule has 0 amide bonds. The average molecular weight is 395 g/mol. The maximum Gasteiger partial charge on any atom is 0.451 e. The molecule has 3 heterocycles. The van der Waals surface area contributed by atoms with E-state index in [9.17, 15) is 13.2 Å². The number of rotatable bonds is 3. The third-order valence-corrected chi connectivity index (χ3v) is 4.59. The predicted molar refractivity (Wildman–Crippen MR) is 91.8 cm³/mol. The molecule has 0 aliphatic carbocycles. The normalized spacial score (nSPS) is 15.0. The van der Waals surface area contributed by atoms with Gasteiger partial charge in [0.25, 0.3) is 0 Å². The summed E-state index contributed by atoms with van der Waals surface area (Å²) in [5, 5.41) is 4.72. The number of nitrogens with zero attached hydrogens (tertiary/aromatic N) is 4. The van der Waals surface area contributed by atoms with E-state index < -0.39 is 12.0 Å². The van der Waals surface area contributed by atoms with Crippen LogP contribution in [0, 0.1) is 0 Å². The largest absolute Gasteiger partial charge is 0.451 e. The van der Waals surface area contributed by atoms with E-state index in [0.717, 1.165) is 11.3 Å². The zero-order valence-corrected chi connectivity index (χ0v) is 14.8. The van der Waals surface area contributed by atoms with Gasteiger partial charge in [-0.3, -0.25) is 4.90 Å². The van der Waals surface area contributed by atoms with Crippen molar-refractivity contribution in [2.24, 2.45) is 0 Å². The molecule has 0 bridgehead atoms. The first-order chi connectivity index (χ1) is 12.9. The van der Waals surface area contributed by atoms with Crippen molar-refractivity contribution in [3.63, 3.8) is 0 Å². The van der Waals surface area contributed by atoms with E-state index in [1.54, 1.807) is 12.1 Å². The van der Waals surface area contributed by atoms with Gasteiger partial charge in [0.2, 0.25) is 5.82 Å². The van der Waals surface area contributed by atoms with Crippen molar-refractivity contribution >= 4 is 11.6 Å². The number of aromatic nitrogens is 3. The second kappa shape index (κ2) is 6.94. The van der Waals surface area contributed by atoms with Gasteiger partial charge in [-0.25, -0.2) is 9.97 Å². The van der Waals surface area contributed by atoms with Crippen LogP contribution < -0.4 is 0 Å². The van der Waals surface area contributed by atoms with Crippen molar-refractivity contribution in [2.45, 2.75) is 25.7 Å². The molecule has 0 spiro atoms. The summed E-state index contributed by atoms with van der Waals surface area (Å²) in [7, 11) is 0. The molecule has 1 aliphatic rings. The molecule has 0 N–H and O–H groups in total. The maximum absolute atomic E-state index is 12.7. The van der Waals surface area contributed by atoms with Crippen LogP contribution in [0.25, 0.3) is 11.3 Å². The molecule has 0 unspecified atom stereocenters. The topological polar surface area (TPSA) is 55.1 Å². The minimum absolute atomic E-state index is 0.433. The minimum atomic E-state index is -4.52. The molecule has 4 rings (SSSR count). The number of alkyl halides is 3. The zero-order valence-electron chi connectivity index (χ0n) is 14.0. The van der Waals surface area contributed by atoms with Gasteiger partial charge in [-0.1, -0.05) is 16.8 Å². The maximum atomic E-state index is 12.7. The molecule has 3 aromatic rings. The molecule has 0 radical (unpaired) electrons. The number of hydrogen-bond donors (Lipinski definition) is 0. The van der Waals surface area contributed by atoms with Crippen LogP contribution in [-0.2, 0) is 25.7 Å². The minimum Gasteiger partial charge on any atom is -0.356 e. The first kappa shape index (κ1) is 17.9. The van der Waals surface area contributed by atoms with Crippen molar-refractivity contribution < 1.29 is 17.7 Å². The van der Waals surface area contributed by atoms with Crippen LogP contribution in [0.5, 0.6) is 0 Å². The van der Waals surface area contributed by atoms with Gasteiger partial charge in [0.05, 0.1) is 11.4 Å². The fourth-order valence-corrected chi connectivity index (χ4v) is 3.14. The lowest BCUT2D eigenvalue weighted by molar-refractivity contribution is -0.145. The smallest absolute Gasteiger partial charge is 0.356 e. The second-order valence-electron chi connectivity index (χ2n) is 6.31. The van der Waals surface area contributed by atoms with Crippen LogP contribution in [0.2, 0.25) is 5.02 Å². The van der Waals surface area contributed by atoms with Crippen LogP contribution in [0.4, 0.5) is 13.2 Å². The molecule has 0 saturated heterocycles. The summed E-state index contributed by atoms with van der Waals surface area (Å²) in [6.07, 6.45) is -2.83. The van der Waals surface area contributed by atoms with Crippen molar-refractivity contribution in [1.82, 2.24) is 20.0 Å². The van der Waals surface area contributed by atoms with Crippen LogP contribution >= 0.6 is 11.6 Å². The molecule has 0 fully saturated rings. The van der Waals surface area contributed by atoms with Gasteiger partial charge in [0.15, 0.2) is 5.76 Å². The third kappa shape index (κ3) is 3.96. The lowest BCUT2D eigenvalue weighted by Crippen LogP contribution is -2.31. The molecule has 0 atom stereocenters. The Morgan fingerprint density at radius 2 is 1.96 bits per heavy atom. The zero-order chi connectivity index (χ0) is 19.0. The highest BCUT2D eigenvalue weighted by atomic mass is 35.5. The molecule has 0 saturated carbocycles. The van der Waals surface area contributed by atoms with E-state index in [0.29, 0.717) is 48.1 Å². The van der Waals surface area contributed by atoms with E-state index in [-0.39, 0.29) is 0 Å². The summed E-state index contributed by atoms with van der Waals surface area (Å²) in [6, 6.07) is 9.09.